The Kier molecular flexibility index (Phi) is 5.48. The van der Waals surface area contributed by atoms with Crippen LogP contribution < -0.4 is 5.73 Å². The number of hydrogen-bond donors (Lipinski definition) is 1. The molecule has 1 unspecified atom stereocenters. The minimum Gasteiger partial charge on any atom is -0.366 e. The molecule has 3 atom stereocenters. The van der Waals surface area contributed by atoms with Gasteiger partial charge in [0.25, 0.3) is 0 Å². The first-order valence-corrected chi connectivity index (χ1v) is 12.6. The van der Waals surface area contributed by atoms with E-state index in [1.165, 1.54) is 42.7 Å². The number of nitrogens with zero attached hydrogens (tertiary/aromatic N) is 1. The molecular formula is C25H30ClN2O2S+. The highest BCUT2D eigenvalue weighted by molar-refractivity contribution is 7.12. The predicted octanol–water partition coefficient (Wildman–Crippen LogP) is 4.86. The van der Waals surface area contributed by atoms with Crippen LogP contribution in [0.15, 0.2) is 24.3 Å². The summed E-state index contributed by atoms with van der Waals surface area (Å²) < 4.78 is 1.06. The van der Waals surface area contributed by atoms with Crippen LogP contribution in [0.4, 0.5) is 0 Å². The molecule has 1 aromatic carbocycles. The zero-order valence-corrected chi connectivity index (χ0v) is 19.6. The Morgan fingerprint density at radius 2 is 1.87 bits per heavy atom. The van der Waals surface area contributed by atoms with Crippen LogP contribution in [0.25, 0.3) is 0 Å². The maximum atomic E-state index is 12.9. The molecule has 2 aromatic rings. The van der Waals surface area contributed by atoms with Gasteiger partial charge in [0.1, 0.15) is 11.8 Å². The number of Topliss-reactive ketones (excluding diaryl/α,β-unsaturated/α-hetero) is 1. The summed E-state index contributed by atoms with van der Waals surface area (Å²) in [7, 11) is 2.40. The van der Waals surface area contributed by atoms with E-state index in [1.54, 1.807) is 23.5 Å². The third-order valence-electron chi connectivity index (χ3n) is 7.96. The molecule has 5 rings (SSSR count). The van der Waals surface area contributed by atoms with Crippen LogP contribution in [0, 0.1) is 5.92 Å². The highest BCUT2D eigenvalue weighted by Crippen LogP contribution is 2.53. The fourth-order valence-electron chi connectivity index (χ4n) is 6.18. The second-order valence-electron chi connectivity index (χ2n) is 9.90. The lowest BCUT2D eigenvalue weighted by atomic mass is 9.82. The van der Waals surface area contributed by atoms with Gasteiger partial charge in [0.2, 0.25) is 5.91 Å². The number of rotatable bonds is 7. The van der Waals surface area contributed by atoms with Crippen LogP contribution in [-0.2, 0) is 24.1 Å². The summed E-state index contributed by atoms with van der Waals surface area (Å²) >= 11 is 7.62. The summed E-state index contributed by atoms with van der Waals surface area (Å²) in [6.45, 7) is 1.22. The van der Waals surface area contributed by atoms with E-state index in [1.807, 2.05) is 12.1 Å². The Hall–Kier alpha value is -1.69. The molecule has 4 nitrogen and oxygen atoms in total. The van der Waals surface area contributed by atoms with Gasteiger partial charge in [-0.25, -0.2) is 0 Å². The van der Waals surface area contributed by atoms with Crippen LogP contribution in [0.5, 0.6) is 0 Å². The third-order valence-corrected chi connectivity index (χ3v) is 9.44. The Bertz CT molecular complexity index is 1030. The highest BCUT2D eigenvalue weighted by Gasteiger charge is 2.54. The van der Waals surface area contributed by atoms with Gasteiger partial charge in [-0.1, -0.05) is 30.2 Å². The molecule has 31 heavy (non-hydrogen) atoms. The lowest BCUT2D eigenvalue weighted by molar-refractivity contribution is -0.954. The number of likely N-dealkylation sites (N-methyl/N-ethyl adjacent to an activating group) is 1. The van der Waals surface area contributed by atoms with Crippen molar-refractivity contribution < 1.29 is 14.1 Å². The Labute approximate surface area is 193 Å². The quantitative estimate of drug-likeness (QED) is 0.603. The molecule has 2 fully saturated rings. The number of halogens is 1. The van der Waals surface area contributed by atoms with Gasteiger partial charge in [-0.3, -0.25) is 9.59 Å². The number of nitrogens with two attached hydrogens (primary N) is 1. The van der Waals surface area contributed by atoms with Gasteiger partial charge < -0.3 is 10.2 Å². The van der Waals surface area contributed by atoms with Crippen molar-refractivity contribution in [1.29, 1.82) is 0 Å². The van der Waals surface area contributed by atoms with Crippen molar-refractivity contribution >= 4 is 34.6 Å². The second kappa shape index (κ2) is 8.02. The van der Waals surface area contributed by atoms with Gasteiger partial charge in [-0.05, 0) is 30.5 Å². The average Bonchev–Trinajstić information content (AvgIpc) is 3.11. The molecule has 0 spiro atoms. The normalized spacial score (nSPS) is 27.0. The van der Waals surface area contributed by atoms with Gasteiger partial charge in [0.05, 0.1) is 25.2 Å². The number of thiophene rings is 1. The number of quaternary nitrogens is 1. The maximum absolute atomic E-state index is 12.9. The first-order valence-electron chi connectivity index (χ1n) is 11.4. The van der Waals surface area contributed by atoms with E-state index < -0.39 is 0 Å². The van der Waals surface area contributed by atoms with Crippen LogP contribution in [0.3, 0.4) is 0 Å². The maximum Gasteiger partial charge on any atom is 0.250 e. The number of amides is 1. The van der Waals surface area contributed by atoms with E-state index >= 15 is 0 Å². The molecule has 6 heteroatoms. The van der Waals surface area contributed by atoms with E-state index in [4.69, 9.17) is 17.3 Å². The van der Waals surface area contributed by atoms with E-state index in [0.717, 1.165) is 33.7 Å². The zero-order chi connectivity index (χ0) is 21.8. The smallest absolute Gasteiger partial charge is 0.250 e. The first-order chi connectivity index (χ1) is 14.8. The van der Waals surface area contributed by atoms with Crippen LogP contribution in [-0.4, -0.2) is 35.8 Å². The monoisotopic (exact) mass is 457 g/mol. The molecule has 1 saturated carbocycles. The van der Waals surface area contributed by atoms with Crippen molar-refractivity contribution in [2.45, 2.75) is 63.5 Å². The predicted molar refractivity (Wildman–Crippen MR) is 125 cm³/mol. The molecule has 3 aliphatic rings. The van der Waals surface area contributed by atoms with Crippen molar-refractivity contribution in [1.82, 2.24) is 0 Å². The summed E-state index contributed by atoms with van der Waals surface area (Å²) in [4.78, 5) is 27.6. The Morgan fingerprint density at radius 3 is 2.52 bits per heavy atom. The second-order valence-corrected chi connectivity index (χ2v) is 11.5. The number of hydrogen-bond acceptors (Lipinski definition) is 3. The fraction of sp³-hybridized carbons (Fsp3) is 0.520. The standard InChI is InChI=1S/C25H29ClN2O2S/c1-28(14-16-3-2-4-16)18-9-10-20(28)23-21(12-18)31-22(24(23)25(27)30)13-19(29)11-15-5-7-17(26)8-6-15/h5-8,16,18,20H,2-4,9-14H2,1H3,(H-,27,30)/p+1/t18-,20?,28+/m1/s1. The molecule has 2 bridgehead atoms. The molecule has 2 N–H and O–H groups in total. The lowest BCUT2D eigenvalue weighted by Crippen LogP contribution is -2.56. The largest absolute Gasteiger partial charge is 0.366 e. The van der Waals surface area contributed by atoms with Crippen molar-refractivity contribution in [3.05, 3.63) is 55.7 Å². The minimum absolute atomic E-state index is 0.111. The van der Waals surface area contributed by atoms with Crippen molar-refractivity contribution in [3.8, 4) is 0 Å². The Morgan fingerprint density at radius 1 is 1.13 bits per heavy atom. The molecular weight excluding hydrogens is 428 g/mol. The number of primary amides is 1. The number of carbonyl (C=O) groups is 2. The minimum atomic E-state index is -0.368. The van der Waals surface area contributed by atoms with Gasteiger partial charge in [0, 0.05) is 58.4 Å². The fourth-order valence-corrected chi connectivity index (χ4v) is 7.77. The van der Waals surface area contributed by atoms with E-state index in [9.17, 15) is 9.59 Å². The van der Waals surface area contributed by atoms with Crippen molar-refractivity contribution in [3.63, 3.8) is 0 Å². The summed E-state index contributed by atoms with van der Waals surface area (Å²) in [6.07, 6.45) is 8.03. The summed E-state index contributed by atoms with van der Waals surface area (Å²) in [5.41, 5.74) is 8.71. The van der Waals surface area contributed by atoms with Crippen molar-refractivity contribution in [2.24, 2.45) is 11.7 Å². The number of fused-ring (bicyclic) bond motifs is 4. The third kappa shape index (κ3) is 3.75. The first kappa shape index (κ1) is 21.2. The molecule has 2 aliphatic heterocycles. The molecule has 1 amide bonds. The van der Waals surface area contributed by atoms with E-state index in [2.05, 4.69) is 7.05 Å². The van der Waals surface area contributed by atoms with Crippen LogP contribution in [0.1, 0.15) is 69.4 Å². The summed E-state index contributed by atoms with van der Waals surface area (Å²) in [5.74, 6) is 0.568. The molecule has 0 radical (unpaired) electrons. The summed E-state index contributed by atoms with van der Waals surface area (Å²) in [5, 5.41) is 0.663. The van der Waals surface area contributed by atoms with Gasteiger partial charge in [-0.15, -0.1) is 11.3 Å². The van der Waals surface area contributed by atoms with Gasteiger partial charge in [-0.2, -0.15) is 0 Å². The number of carbonyl (C=O) groups excluding carboxylic acids is 2. The van der Waals surface area contributed by atoms with Gasteiger partial charge >= 0.3 is 0 Å². The number of benzene rings is 1. The highest BCUT2D eigenvalue weighted by atomic mass is 35.5. The average molecular weight is 458 g/mol. The number of ketones is 1. The molecule has 1 aliphatic carbocycles. The lowest BCUT2D eigenvalue weighted by Gasteiger charge is -2.48. The van der Waals surface area contributed by atoms with Crippen LogP contribution >= 0.6 is 22.9 Å². The molecule has 1 saturated heterocycles. The summed E-state index contributed by atoms with van der Waals surface area (Å²) in [6, 6.07) is 8.37. The SMILES string of the molecule is C[N@@+]1(CC2CCC2)C2CC[C@@H]1Cc1sc(CC(=O)Cc3ccc(Cl)cc3)c(C(N)=O)c12. The van der Waals surface area contributed by atoms with Crippen molar-refractivity contribution in [2.75, 3.05) is 13.6 Å². The Balaban J connectivity index is 1.42. The van der Waals surface area contributed by atoms with E-state index in [-0.39, 0.29) is 18.1 Å². The zero-order valence-electron chi connectivity index (χ0n) is 18.0. The van der Waals surface area contributed by atoms with Gasteiger partial charge in [0.15, 0.2) is 0 Å². The molecule has 3 heterocycles. The topological polar surface area (TPSA) is 60.2 Å². The molecule has 1 aromatic heterocycles. The molecule has 164 valence electrons. The van der Waals surface area contributed by atoms with Crippen LogP contribution in [0.2, 0.25) is 5.02 Å². The van der Waals surface area contributed by atoms with E-state index in [0.29, 0.717) is 29.1 Å².